The molecule has 0 saturated heterocycles. The van der Waals surface area contributed by atoms with Crippen molar-refractivity contribution in [2.45, 2.75) is 20.5 Å². The molecular formula is C13H15N3O3. The first kappa shape index (κ1) is 13.1. The molecule has 2 rings (SSSR count). The van der Waals surface area contributed by atoms with E-state index in [-0.39, 0.29) is 12.2 Å². The van der Waals surface area contributed by atoms with E-state index in [0.29, 0.717) is 11.6 Å². The van der Waals surface area contributed by atoms with Crippen LogP contribution >= 0.6 is 0 Å². The molecule has 0 radical (unpaired) electrons. The van der Waals surface area contributed by atoms with Gasteiger partial charge in [0.05, 0.1) is 0 Å². The first-order chi connectivity index (χ1) is 9.00. The van der Waals surface area contributed by atoms with Crippen molar-refractivity contribution in [2.24, 2.45) is 7.05 Å². The van der Waals surface area contributed by atoms with Gasteiger partial charge in [0, 0.05) is 7.05 Å². The van der Waals surface area contributed by atoms with Crippen LogP contribution in [0.1, 0.15) is 27.6 Å². The molecule has 0 aliphatic rings. The van der Waals surface area contributed by atoms with Crippen molar-refractivity contribution < 1.29 is 14.6 Å². The number of carboxylic acid groups (broad SMARTS) is 1. The molecule has 1 aromatic heterocycles. The number of ether oxygens (including phenoxy) is 1. The minimum Gasteiger partial charge on any atom is -0.484 e. The topological polar surface area (TPSA) is 77.2 Å². The van der Waals surface area contributed by atoms with Gasteiger partial charge in [-0.1, -0.05) is 12.1 Å². The van der Waals surface area contributed by atoms with Crippen LogP contribution in [0.15, 0.2) is 18.2 Å². The highest BCUT2D eigenvalue weighted by Crippen LogP contribution is 2.24. The molecule has 2 aromatic rings. The Kier molecular flexibility index (Phi) is 3.50. The second kappa shape index (κ2) is 5.09. The lowest BCUT2D eigenvalue weighted by Crippen LogP contribution is -2.08. The summed E-state index contributed by atoms with van der Waals surface area (Å²) in [6.45, 7) is 3.83. The lowest BCUT2D eigenvalue weighted by molar-refractivity contribution is 0.0691. The second-order valence-corrected chi connectivity index (χ2v) is 4.27. The van der Waals surface area contributed by atoms with E-state index in [9.17, 15) is 4.79 Å². The van der Waals surface area contributed by atoms with Crippen LogP contribution in [0.2, 0.25) is 0 Å². The number of carboxylic acids is 1. The molecule has 1 aromatic carbocycles. The van der Waals surface area contributed by atoms with E-state index in [1.165, 1.54) is 6.07 Å². The Morgan fingerprint density at radius 1 is 1.37 bits per heavy atom. The fraction of sp³-hybridized carbons (Fsp3) is 0.308. The van der Waals surface area contributed by atoms with Gasteiger partial charge in [0.15, 0.2) is 5.82 Å². The van der Waals surface area contributed by atoms with Crippen LogP contribution in [0.5, 0.6) is 5.75 Å². The summed E-state index contributed by atoms with van der Waals surface area (Å²) in [5, 5.41) is 17.0. The van der Waals surface area contributed by atoms with Crippen LogP contribution in [-0.2, 0) is 13.7 Å². The number of benzene rings is 1. The first-order valence-electron chi connectivity index (χ1n) is 5.81. The molecule has 0 bridgehead atoms. The maximum absolute atomic E-state index is 11.1. The van der Waals surface area contributed by atoms with E-state index in [0.717, 1.165) is 11.4 Å². The number of rotatable bonds is 4. The molecule has 0 fully saturated rings. The van der Waals surface area contributed by atoms with Crippen molar-refractivity contribution in [3.63, 3.8) is 0 Å². The third-order valence-electron chi connectivity index (χ3n) is 2.97. The number of hydrogen-bond acceptors (Lipinski definition) is 4. The first-order valence-corrected chi connectivity index (χ1v) is 5.81. The molecular weight excluding hydrogens is 246 g/mol. The van der Waals surface area contributed by atoms with Gasteiger partial charge in [-0.3, -0.25) is 0 Å². The molecule has 0 atom stereocenters. The number of carbonyl (C=O) groups is 1. The summed E-state index contributed by atoms with van der Waals surface area (Å²) in [6, 6.07) is 5.02. The SMILES string of the molecule is Cc1cccc(C(=O)O)c1OCc1nnc(C)n1C. The minimum absolute atomic E-state index is 0.152. The maximum atomic E-state index is 11.1. The number of aromatic carboxylic acids is 1. The van der Waals surface area contributed by atoms with E-state index >= 15 is 0 Å². The van der Waals surface area contributed by atoms with Gasteiger partial charge in [0.2, 0.25) is 0 Å². The monoisotopic (exact) mass is 261 g/mol. The van der Waals surface area contributed by atoms with Crippen molar-refractivity contribution in [1.29, 1.82) is 0 Å². The van der Waals surface area contributed by atoms with Gasteiger partial charge in [-0.05, 0) is 25.5 Å². The molecule has 0 spiro atoms. The molecule has 0 unspecified atom stereocenters. The Balaban J connectivity index is 2.24. The zero-order valence-corrected chi connectivity index (χ0v) is 11.0. The van der Waals surface area contributed by atoms with E-state index in [2.05, 4.69) is 10.2 Å². The number of hydrogen-bond donors (Lipinski definition) is 1. The lowest BCUT2D eigenvalue weighted by Gasteiger charge is -2.11. The molecule has 6 heteroatoms. The van der Waals surface area contributed by atoms with E-state index in [4.69, 9.17) is 9.84 Å². The highest BCUT2D eigenvalue weighted by Gasteiger charge is 2.14. The highest BCUT2D eigenvalue weighted by atomic mass is 16.5. The third-order valence-corrected chi connectivity index (χ3v) is 2.97. The number of para-hydroxylation sites is 1. The van der Waals surface area contributed by atoms with Crippen molar-refractivity contribution in [2.75, 3.05) is 0 Å². The predicted octanol–water partition coefficient (Wildman–Crippen LogP) is 1.71. The summed E-state index contributed by atoms with van der Waals surface area (Å²) in [5.41, 5.74) is 0.928. The largest absolute Gasteiger partial charge is 0.484 e. The fourth-order valence-electron chi connectivity index (χ4n) is 1.73. The average molecular weight is 261 g/mol. The summed E-state index contributed by atoms with van der Waals surface area (Å²) in [7, 11) is 1.84. The van der Waals surface area contributed by atoms with Crippen molar-refractivity contribution in [3.8, 4) is 5.75 Å². The van der Waals surface area contributed by atoms with E-state index < -0.39 is 5.97 Å². The zero-order chi connectivity index (χ0) is 14.0. The Bertz CT molecular complexity index is 620. The fourth-order valence-corrected chi connectivity index (χ4v) is 1.73. The van der Waals surface area contributed by atoms with Crippen LogP contribution < -0.4 is 4.74 Å². The Morgan fingerprint density at radius 3 is 2.68 bits per heavy atom. The van der Waals surface area contributed by atoms with Crippen LogP contribution in [0.4, 0.5) is 0 Å². The summed E-state index contributed by atoms with van der Waals surface area (Å²) < 4.78 is 7.41. The Hall–Kier alpha value is -2.37. The van der Waals surface area contributed by atoms with Crippen LogP contribution in [0.3, 0.4) is 0 Å². The lowest BCUT2D eigenvalue weighted by atomic mass is 10.1. The Morgan fingerprint density at radius 2 is 2.11 bits per heavy atom. The molecule has 0 amide bonds. The maximum Gasteiger partial charge on any atom is 0.339 e. The van der Waals surface area contributed by atoms with Gasteiger partial charge in [-0.2, -0.15) is 0 Å². The summed E-state index contributed by atoms with van der Waals surface area (Å²) in [6.07, 6.45) is 0. The van der Waals surface area contributed by atoms with Crippen molar-refractivity contribution in [3.05, 3.63) is 41.0 Å². The zero-order valence-electron chi connectivity index (χ0n) is 11.0. The molecule has 1 heterocycles. The van der Waals surface area contributed by atoms with Crippen LogP contribution in [0.25, 0.3) is 0 Å². The van der Waals surface area contributed by atoms with Gasteiger partial charge in [-0.25, -0.2) is 4.79 Å². The second-order valence-electron chi connectivity index (χ2n) is 4.27. The van der Waals surface area contributed by atoms with Crippen LogP contribution in [-0.4, -0.2) is 25.8 Å². The summed E-state index contributed by atoms with van der Waals surface area (Å²) in [4.78, 5) is 11.1. The normalized spacial score (nSPS) is 10.5. The number of aryl methyl sites for hydroxylation is 2. The number of nitrogens with zero attached hydrogens (tertiary/aromatic N) is 3. The average Bonchev–Trinajstić information content (AvgIpc) is 2.68. The van der Waals surface area contributed by atoms with E-state index in [1.807, 2.05) is 27.0 Å². The molecule has 19 heavy (non-hydrogen) atoms. The third kappa shape index (κ3) is 2.57. The quantitative estimate of drug-likeness (QED) is 0.906. The van der Waals surface area contributed by atoms with Gasteiger partial charge < -0.3 is 14.4 Å². The standard InChI is InChI=1S/C13H15N3O3/c1-8-5-4-6-10(13(17)18)12(8)19-7-11-15-14-9(2)16(11)3/h4-6H,7H2,1-3H3,(H,17,18). The minimum atomic E-state index is -1.01. The molecule has 0 saturated carbocycles. The van der Waals surface area contributed by atoms with E-state index in [1.54, 1.807) is 10.6 Å². The molecule has 0 aliphatic carbocycles. The Labute approximate surface area is 110 Å². The summed E-state index contributed by atoms with van der Waals surface area (Å²) >= 11 is 0. The highest BCUT2D eigenvalue weighted by molar-refractivity contribution is 5.91. The van der Waals surface area contributed by atoms with Gasteiger partial charge in [-0.15, -0.1) is 10.2 Å². The predicted molar refractivity (Wildman–Crippen MR) is 68.2 cm³/mol. The van der Waals surface area contributed by atoms with Gasteiger partial charge in [0.25, 0.3) is 0 Å². The van der Waals surface area contributed by atoms with Crippen LogP contribution in [0, 0.1) is 13.8 Å². The molecule has 6 nitrogen and oxygen atoms in total. The molecule has 1 N–H and O–H groups in total. The molecule has 100 valence electrons. The number of aromatic nitrogens is 3. The van der Waals surface area contributed by atoms with Gasteiger partial charge in [0.1, 0.15) is 23.7 Å². The van der Waals surface area contributed by atoms with Crippen molar-refractivity contribution >= 4 is 5.97 Å². The van der Waals surface area contributed by atoms with Gasteiger partial charge >= 0.3 is 5.97 Å². The summed E-state index contributed by atoms with van der Waals surface area (Å²) in [5.74, 6) is 0.794. The smallest absolute Gasteiger partial charge is 0.339 e. The molecule has 0 aliphatic heterocycles. The van der Waals surface area contributed by atoms with Crippen molar-refractivity contribution in [1.82, 2.24) is 14.8 Å².